The minimum Gasteiger partial charge on any atom is -0.471 e. The van der Waals surface area contributed by atoms with Crippen LogP contribution < -0.4 is 10.1 Å². The van der Waals surface area contributed by atoms with Crippen LogP contribution in [0.1, 0.15) is 28.6 Å². The average molecular weight is 304 g/mol. The van der Waals surface area contributed by atoms with E-state index in [0.29, 0.717) is 36.4 Å². The van der Waals surface area contributed by atoms with E-state index in [4.69, 9.17) is 13.9 Å². The zero-order valence-electron chi connectivity index (χ0n) is 12.1. The Kier molecular flexibility index (Phi) is 4.29. The molecule has 8 nitrogen and oxygen atoms in total. The van der Waals surface area contributed by atoms with Crippen LogP contribution in [0, 0.1) is 6.92 Å². The molecule has 116 valence electrons. The third-order valence-electron chi connectivity index (χ3n) is 3.15. The number of pyridine rings is 1. The van der Waals surface area contributed by atoms with Gasteiger partial charge in [0.15, 0.2) is 0 Å². The number of hydrogen-bond acceptors (Lipinski definition) is 7. The molecule has 3 heterocycles. The normalized spacial score (nSPS) is 17.4. The van der Waals surface area contributed by atoms with Gasteiger partial charge in [0, 0.05) is 19.5 Å². The van der Waals surface area contributed by atoms with Gasteiger partial charge < -0.3 is 19.2 Å². The van der Waals surface area contributed by atoms with Gasteiger partial charge in [-0.15, -0.1) is 10.2 Å². The van der Waals surface area contributed by atoms with E-state index in [-0.39, 0.29) is 18.6 Å². The molecule has 22 heavy (non-hydrogen) atoms. The molecule has 0 aromatic carbocycles. The number of rotatable bonds is 5. The highest BCUT2D eigenvalue weighted by atomic mass is 16.5. The van der Waals surface area contributed by atoms with Crippen LogP contribution in [0.3, 0.4) is 0 Å². The van der Waals surface area contributed by atoms with Gasteiger partial charge in [-0.25, -0.2) is 4.98 Å². The lowest BCUT2D eigenvalue weighted by atomic mass is 10.2. The van der Waals surface area contributed by atoms with Gasteiger partial charge in [0.05, 0.1) is 19.8 Å². The molecule has 2 aromatic heterocycles. The summed E-state index contributed by atoms with van der Waals surface area (Å²) in [5.74, 6) is 0.798. The molecular formula is C14H16N4O4. The summed E-state index contributed by atoms with van der Waals surface area (Å²) in [6, 6.07) is 3.34. The summed E-state index contributed by atoms with van der Waals surface area (Å²) in [4.78, 5) is 16.4. The summed E-state index contributed by atoms with van der Waals surface area (Å²) in [7, 11) is 0. The summed E-state index contributed by atoms with van der Waals surface area (Å²) in [6.45, 7) is 3.02. The van der Waals surface area contributed by atoms with Crippen molar-refractivity contribution in [1.82, 2.24) is 20.5 Å². The molecule has 1 N–H and O–H groups in total. The van der Waals surface area contributed by atoms with Crippen LogP contribution in [0.4, 0.5) is 0 Å². The number of amides is 1. The highest BCUT2D eigenvalue weighted by molar-refractivity contribution is 5.96. The second-order valence-corrected chi connectivity index (χ2v) is 4.86. The van der Waals surface area contributed by atoms with E-state index in [1.165, 1.54) is 0 Å². The van der Waals surface area contributed by atoms with Crippen molar-refractivity contribution in [2.45, 2.75) is 26.0 Å². The van der Waals surface area contributed by atoms with E-state index in [0.717, 1.165) is 6.42 Å². The maximum atomic E-state index is 12.3. The maximum Gasteiger partial charge on any atom is 0.257 e. The van der Waals surface area contributed by atoms with Crippen LogP contribution in [-0.4, -0.2) is 40.4 Å². The van der Waals surface area contributed by atoms with Crippen molar-refractivity contribution in [2.24, 2.45) is 0 Å². The fraction of sp³-hybridized carbons (Fsp3) is 0.429. The van der Waals surface area contributed by atoms with E-state index >= 15 is 0 Å². The van der Waals surface area contributed by atoms with Gasteiger partial charge in [0.25, 0.3) is 5.91 Å². The van der Waals surface area contributed by atoms with Crippen LogP contribution in [0.2, 0.25) is 0 Å². The Morgan fingerprint density at radius 1 is 1.50 bits per heavy atom. The average Bonchev–Trinajstić information content (AvgIpc) is 3.17. The van der Waals surface area contributed by atoms with Gasteiger partial charge in [-0.2, -0.15) is 0 Å². The molecule has 0 bridgehead atoms. The standard InChI is InChI=1S/C14H16N4O4/c1-9-17-18-12(21-9)7-16-13(19)11-3-2-5-15-14(11)22-10-4-6-20-8-10/h2-3,5,10H,4,6-8H2,1H3,(H,16,19)/t10-/m0/s1. The van der Waals surface area contributed by atoms with Gasteiger partial charge in [-0.3, -0.25) is 4.79 Å². The number of hydrogen-bond donors (Lipinski definition) is 1. The minimum atomic E-state index is -0.308. The van der Waals surface area contributed by atoms with Gasteiger partial charge in [0.2, 0.25) is 17.7 Å². The minimum absolute atomic E-state index is 0.0694. The first-order valence-corrected chi connectivity index (χ1v) is 6.99. The molecule has 0 aliphatic carbocycles. The molecule has 1 fully saturated rings. The molecule has 1 saturated heterocycles. The molecule has 0 saturated carbocycles. The molecule has 1 atom stereocenters. The smallest absolute Gasteiger partial charge is 0.257 e. The van der Waals surface area contributed by atoms with Crippen LogP contribution in [0.25, 0.3) is 0 Å². The number of carbonyl (C=O) groups excluding carboxylic acids is 1. The largest absolute Gasteiger partial charge is 0.471 e. The molecule has 1 aliphatic heterocycles. The maximum absolute atomic E-state index is 12.3. The van der Waals surface area contributed by atoms with Crippen molar-refractivity contribution >= 4 is 5.91 Å². The Hall–Kier alpha value is -2.48. The van der Waals surface area contributed by atoms with E-state index in [1.54, 1.807) is 25.3 Å². The summed E-state index contributed by atoms with van der Waals surface area (Å²) in [6.07, 6.45) is 2.31. The Labute approximate surface area is 126 Å². The molecule has 0 unspecified atom stereocenters. The summed E-state index contributed by atoms with van der Waals surface area (Å²) in [5, 5.41) is 10.2. The molecule has 2 aromatic rings. The lowest BCUT2D eigenvalue weighted by molar-refractivity contribution is 0.0934. The molecule has 0 radical (unpaired) electrons. The number of carbonyl (C=O) groups is 1. The Morgan fingerprint density at radius 2 is 2.41 bits per heavy atom. The van der Waals surface area contributed by atoms with Crippen molar-refractivity contribution in [3.05, 3.63) is 35.7 Å². The van der Waals surface area contributed by atoms with Crippen LogP contribution in [0.15, 0.2) is 22.7 Å². The van der Waals surface area contributed by atoms with Crippen molar-refractivity contribution in [2.75, 3.05) is 13.2 Å². The zero-order valence-corrected chi connectivity index (χ0v) is 12.1. The predicted molar refractivity (Wildman–Crippen MR) is 74.3 cm³/mol. The van der Waals surface area contributed by atoms with Gasteiger partial charge in [0.1, 0.15) is 11.7 Å². The van der Waals surface area contributed by atoms with Crippen LogP contribution in [-0.2, 0) is 11.3 Å². The summed E-state index contributed by atoms with van der Waals surface area (Å²) < 4.78 is 16.2. The second-order valence-electron chi connectivity index (χ2n) is 4.86. The van der Waals surface area contributed by atoms with Crippen molar-refractivity contribution in [1.29, 1.82) is 0 Å². The van der Waals surface area contributed by atoms with Crippen LogP contribution >= 0.6 is 0 Å². The van der Waals surface area contributed by atoms with E-state index in [2.05, 4.69) is 20.5 Å². The summed E-state index contributed by atoms with van der Waals surface area (Å²) >= 11 is 0. The summed E-state index contributed by atoms with van der Waals surface area (Å²) in [5.41, 5.74) is 0.366. The van der Waals surface area contributed by atoms with E-state index < -0.39 is 0 Å². The molecule has 0 spiro atoms. The number of nitrogens with zero attached hydrogens (tertiary/aromatic N) is 3. The van der Waals surface area contributed by atoms with Gasteiger partial charge in [-0.05, 0) is 12.1 Å². The first-order valence-electron chi connectivity index (χ1n) is 6.99. The monoisotopic (exact) mass is 304 g/mol. The zero-order chi connectivity index (χ0) is 15.4. The second kappa shape index (κ2) is 6.52. The Morgan fingerprint density at radius 3 is 3.14 bits per heavy atom. The lowest BCUT2D eigenvalue weighted by Gasteiger charge is -2.13. The fourth-order valence-electron chi connectivity index (χ4n) is 2.08. The highest BCUT2D eigenvalue weighted by Crippen LogP contribution is 2.19. The quantitative estimate of drug-likeness (QED) is 0.874. The number of aryl methyl sites for hydroxylation is 1. The number of nitrogens with one attached hydrogen (secondary N) is 1. The van der Waals surface area contributed by atoms with Crippen molar-refractivity contribution in [3.63, 3.8) is 0 Å². The number of ether oxygens (including phenoxy) is 2. The Balaban J connectivity index is 1.66. The van der Waals surface area contributed by atoms with Gasteiger partial charge >= 0.3 is 0 Å². The highest BCUT2D eigenvalue weighted by Gasteiger charge is 2.21. The predicted octanol–water partition coefficient (Wildman–Crippen LogP) is 0.871. The van der Waals surface area contributed by atoms with E-state index in [9.17, 15) is 4.79 Å². The molecule has 1 amide bonds. The molecule has 1 aliphatic rings. The third kappa shape index (κ3) is 3.40. The lowest BCUT2D eigenvalue weighted by Crippen LogP contribution is -2.25. The third-order valence-corrected chi connectivity index (χ3v) is 3.15. The topological polar surface area (TPSA) is 99.4 Å². The molecule has 3 rings (SSSR count). The fourth-order valence-corrected chi connectivity index (χ4v) is 2.08. The van der Waals surface area contributed by atoms with Gasteiger partial charge in [-0.1, -0.05) is 0 Å². The Bertz CT molecular complexity index is 652. The van der Waals surface area contributed by atoms with E-state index in [1.807, 2.05) is 0 Å². The van der Waals surface area contributed by atoms with Crippen LogP contribution in [0.5, 0.6) is 5.88 Å². The first kappa shape index (κ1) is 14.5. The number of aromatic nitrogens is 3. The molecule has 8 heteroatoms. The first-order chi connectivity index (χ1) is 10.7. The molecular weight excluding hydrogens is 288 g/mol. The van der Waals surface area contributed by atoms with Crippen molar-refractivity contribution < 1.29 is 18.7 Å². The SMILES string of the molecule is Cc1nnc(CNC(=O)c2cccnc2O[C@H]2CCOC2)o1. The van der Waals surface area contributed by atoms with Crippen molar-refractivity contribution in [3.8, 4) is 5.88 Å².